The van der Waals surface area contributed by atoms with Crippen LogP contribution in [0.4, 0.5) is 0 Å². The van der Waals surface area contributed by atoms with Crippen LogP contribution in [-0.2, 0) is 14.8 Å². The van der Waals surface area contributed by atoms with Crippen molar-refractivity contribution in [3.63, 3.8) is 0 Å². The topological polar surface area (TPSA) is 139 Å². The standard InChI is InChI=1S/C15H17N3O5S/c1-2-4-11(15(20)21)18-14(19)13-10-5-3-6-12(24(16,22)23)9(10)7-8-17-13/h3,5-8,11H,2,4H2,1H3,(H,18,19)(H,20,21)(H2,16,22,23). The van der Waals surface area contributed by atoms with E-state index >= 15 is 0 Å². The summed E-state index contributed by atoms with van der Waals surface area (Å²) >= 11 is 0. The lowest BCUT2D eigenvalue weighted by Gasteiger charge is -2.14. The van der Waals surface area contributed by atoms with E-state index in [1.165, 1.54) is 30.5 Å². The van der Waals surface area contributed by atoms with Gasteiger partial charge < -0.3 is 10.4 Å². The number of rotatable bonds is 6. The summed E-state index contributed by atoms with van der Waals surface area (Å²) in [5, 5.41) is 17.3. The van der Waals surface area contributed by atoms with Gasteiger partial charge in [0.05, 0.1) is 4.90 Å². The molecular formula is C15H17N3O5S. The third kappa shape index (κ3) is 3.69. The van der Waals surface area contributed by atoms with E-state index in [1.807, 2.05) is 0 Å². The highest BCUT2D eigenvalue weighted by molar-refractivity contribution is 7.89. The summed E-state index contributed by atoms with van der Waals surface area (Å²) in [6.45, 7) is 1.80. The Morgan fingerprint density at radius 3 is 2.58 bits per heavy atom. The maximum atomic E-state index is 12.4. The molecule has 128 valence electrons. The van der Waals surface area contributed by atoms with Crippen molar-refractivity contribution in [1.29, 1.82) is 0 Å². The van der Waals surface area contributed by atoms with Crippen molar-refractivity contribution in [3.8, 4) is 0 Å². The molecule has 1 unspecified atom stereocenters. The molecule has 0 aliphatic carbocycles. The zero-order chi connectivity index (χ0) is 17.9. The van der Waals surface area contributed by atoms with Gasteiger partial charge in [0.15, 0.2) is 0 Å². The number of carbonyl (C=O) groups is 2. The van der Waals surface area contributed by atoms with Crippen molar-refractivity contribution in [3.05, 3.63) is 36.2 Å². The van der Waals surface area contributed by atoms with Crippen LogP contribution in [0.15, 0.2) is 35.4 Å². The van der Waals surface area contributed by atoms with Gasteiger partial charge in [-0.15, -0.1) is 0 Å². The molecule has 0 radical (unpaired) electrons. The second-order valence-electron chi connectivity index (χ2n) is 5.21. The highest BCUT2D eigenvalue weighted by Crippen LogP contribution is 2.23. The van der Waals surface area contributed by atoms with Crippen LogP contribution < -0.4 is 10.5 Å². The Labute approximate surface area is 138 Å². The van der Waals surface area contributed by atoms with E-state index < -0.39 is 27.9 Å². The molecule has 0 spiro atoms. The number of fused-ring (bicyclic) bond motifs is 1. The van der Waals surface area contributed by atoms with Crippen LogP contribution in [0.25, 0.3) is 10.8 Å². The second kappa shape index (κ2) is 6.93. The van der Waals surface area contributed by atoms with Gasteiger partial charge in [0.25, 0.3) is 5.91 Å². The number of carbonyl (C=O) groups excluding carboxylic acids is 1. The number of nitrogens with zero attached hydrogens (tertiary/aromatic N) is 1. The summed E-state index contributed by atoms with van der Waals surface area (Å²) in [6.07, 6.45) is 2.13. The van der Waals surface area contributed by atoms with Crippen LogP contribution in [-0.4, -0.2) is 36.4 Å². The molecule has 9 heteroatoms. The Balaban J connectivity index is 2.50. The SMILES string of the molecule is CCCC(NC(=O)c1nccc2c(S(N)(=O)=O)cccc12)C(=O)O. The van der Waals surface area contributed by atoms with E-state index in [0.717, 1.165) is 0 Å². The molecule has 1 aromatic carbocycles. The number of carboxylic acids is 1. The Morgan fingerprint density at radius 2 is 2.00 bits per heavy atom. The minimum atomic E-state index is -3.97. The van der Waals surface area contributed by atoms with Gasteiger partial charge >= 0.3 is 5.97 Å². The number of hydrogen-bond acceptors (Lipinski definition) is 5. The van der Waals surface area contributed by atoms with Crippen molar-refractivity contribution < 1.29 is 23.1 Å². The average molecular weight is 351 g/mol. The van der Waals surface area contributed by atoms with E-state index in [9.17, 15) is 18.0 Å². The first-order chi connectivity index (χ1) is 11.3. The van der Waals surface area contributed by atoms with E-state index in [4.69, 9.17) is 10.2 Å². The van der Waals surface area contributed by atoms with Gasteiger partial charge in [-0.05, 0) is 18.6 Å². The summed E-state index contributed by atoms with van der Waals surface area (Å²) in [6, 6.07) is 4.70. The zero-order valence-corrected chi connectivity index (χ0v) is 13.7. The highest BCUT2D eigenvalue weighted by atomic mass is 32.2. The number of pyridine rings is 1. The molecule has 0 saturated heterocycles. The number of benzene rings is 1. The molecule has 1 atom stereocenters. The maximum Gasteiger partial charge on any atom is 0.326 e. The molecule has 8 nitrogen and oxygen atoms in total. The first-order valence-corrected chi connectivity index (χ1v) is 8.74. The second-order valence-corrected chi connectivity index (χ2v) is 6.74. The predicted molar refractivity (Wildman–Crippen MR) is 86.9 cm³/mol. The fourth-order valence-electron chi connectivity index (χ4n) is 2.38. The van der Waals surface area contributed by atoms with E-state index in [1.54, 1.807) is 6.92 Å². The fraction of sp³-hybridized carbons (Fsp3) is 0.267. The van der Waals surface area contributed by atoms with Gasteiger partial charge in [-0.1, -0.05) is 25.5 Å². The van der Waals surface area contributed by atoms with Crippen molar-refractivity contribution in [2.75, 3.05) is 0 Å². The molecule has 1 amide bonds. The lowest BCUT2D eigenvalue weighted by atomic mass is 10.1. The van der Waals surface area contributed by atoms with Crippen molar-refractivity contribution >= 4 is 32.7 Å². The van der Waals surface area contributed by atoms with Gasteiger partial charge in [-0.2, -0.15) is 0 Å². The monoisotopic (exact) mass is 351 g/mol. The summed E-state index contributed by atoms with van der Waals surface area (Å²) in [5.74, 6) is -1.83. The summed E-state index contributed by atoms with van der Waals surface area (Å²) in [4.78, 5) is 27.4. The number of aromatic nitrogens is 1. The Kier molecular flexibility index (Phi) is 5.15. The van der Waals surface area contributed by atoms with Crippen LogP contribution in [0.3, 0.4) is 0 Å². The Morgan fingerprint density at radius 1 is 1.29 bits per heavy atom. The maximum absolute atomic E-state index is 12.4. The van der Waals surface area contributed by atoms with Crippen LogP contribution in [0.5, 0.6) is 0 Å². The molecular weight excluding hydrogens is 334 g/mol. The number of amides is 1. The molecule has 0 aliphatic heterocycles. The van der Waals surface area contributed by atoms with E-state index in [0.29, 0.717) is 6.42 Å². The summed E-state index contributed by atoms with van der Waals surface area (Å²) < 4.78 is 23.3. The molecule has 4 N–H and O–H groups in total. The normalized spacial score (nSPS) is 12.8. The Hall–Kier alpha value is -2.52. The molecule has 0 bridgehead atoms. The largest absolute Gasteiger partial charge is 0.480 e. The number of carboxylic acid groups (broad SMARTS) is 1. The molecule has 0 saturated carbocycles. The molecule has 1 heterocycles. The van der Waals surface area contributed by atoms with E-state index in [2.05, 4.69) is 10.3 Å². The van der Waals surface area contributed by atoms with Gasteiger partial charge in [0.1, 0.15) is 11.7 Å². The quantitative estimate of drug-likeness (QED) is 0.705. The first-order valence-electron chi connectivity index (χ1n) is 7.20. The minimum Gasteiger partial charge on any atom is -0.480 e. The third-order valence-corrected chi connectivity index (χ3v) is 4.44. The lowest BCUT2D eigenvalue weighted by molar-refractivity contribution is -0.139. The first kappa shape index (κ1) is 17.8. The van der Waals surface area contributed by atoms with E-state index in [-0.39, 0.29) is 27.8 Å². The molecule has 0 fully saturated rings. The number of sulfonamides is 1. The van der Waals surface area contributed by atoms with Crippen LogP contribution in [0.1, 0.15) is 30.3 Å². The number of nitrogens with two attached hydrogens (primary N) is 1. The fourth-order valence-corrected chi connectivity index (χ4v) is 3.13. The number of nitrogens with one attached hydrogen (secondary N) is 1. The van der Waals surface area contributed by atoms with Gasteiger partial charge in [0, 0.05) is 17.0 Å². The zero-order valence-electron chi connectivity index (χ0n) is 12.9. The number of aliphatic carboxylic acids is 1. The Bertz CT molecular complexity index is 895. The van der Waals surface area contributed by atoms with Gasteiger partial charge in [0.2, 0.25) is 10.0 Å². The molecule has 0 aliphatic rings. The molecule has 2 rings (SSSR count). The van der Waals surface area contributed by atoms with Gasteiger partial charge in [-0.25, -0.2) is 18.4 Å². The van der Waals surface area contributed by atoms with Crippen molar-refractivity contribution in [1.82, 2.24) is 10.3 Å². The molecule has 1 aromatic heterocycles. The highest BCUT2D eigenvalue weighted by Gasteiger charge is 2.22. The van der Waals surface area contributed by atoms with Crippen molar-refractivity contribution in [2.45, 2.75) is 30.7 Å². The van der Waals surface area contributed by atoms with Crippen molar-refractivity contribution in [2.24, 2.45) is 5.14 Å². The smallest absolute Gasteiger partial charge is 0.326 e. The summed E-state index contributed by atoms with van der Waals surface area (Å²) in [5.41, 5.74) is -0.0552. The number of primary sulfonamides is 1. The number of hydrogen-bond donors (Lipinski definition) is 3. The molecule has 24 heavy (non-hydrogen) atoms. The predicted octanol–water partition coefficient (Wildman–Crippen LogP) is 0.865. The summed E-state index contributed by atoms with van der Waals surface area (Å²) in [7, 11) is -3.97. The minimum absolute atomic E-state index is 0.0552. The van der Waals surface area contributed by atoms with Crippen LogP contribution in [0, 0.1) is 0 Å². The van der Waals surface area contributed by atoms with Crippen LogP contribution in [0.2, 0.25) is 0 Å². The lowest BCUT2D eigenvalue weighted by Crippen LogP contribution is -2.41. The van der Waals surface area contributed by atoms with Gasteiger partial charge in [-0.3, -0.25) is 9.78 Å². The third-order valence-electron chi connectivity index (χ3n) is 3.47. The van der Waals surface area contributed by atoms with Crippen LogP contribution >= 0.6 is 0 Å². The molecule has 2 aromatic rings. The average Bonchev–Trinajstić information content (AvgIpc) is 2.52.